The first-order valence-corrected chi connectivity index (χ1v) is 7.68. The molecule has 0 radical (unpaired) electrons. The van der Waals surface area contributed by atoms with E-state index in [1.165, 1.54) is 51.7 Å². The lowest BCUT2D eigenvalue weighted by molar-refractivity contribution is 0.229. The quantitative estimate of drug-likeness (QED) is 0.425. The molecule has 0 spiro atoms. The molecule has 0 aromatic rings. The van der Waals surface area contributed by atoms with Gasteiger partial charge in [-0.1, -0.05) is 56.0 Å². The van der Waals surface area contributed by atoms with Crippen molar-refractivity contribution >= 4 is 15.9 Å². The average Bonchev–Trinajstić information content (AvgIpc) is 2.28. The molecule has 0 aliphatic heterocycles. The lowest BCUT2D eigenvalue weighted by atomic mass is 10.0. The van der Waals surface area contributed by atoms with Crippen LogP contribution in [0.5, 0.6) is 0 Å². The zero-order valence-corrected chi connectivity index (χ0v) is 12.4. The third-order valence-corrected chi connectivity index (χ3v) is 3.79. The maximum absolute atomic E-state index is 3.48. The summed E-state index contributed by atoms with van der Waals surface area (Å²) >= 11 is 3.48. The van der Waals surface area contributed by atoms with Gasteiger partial charge in [-0.3, -0.25) is 0 Å². The minimum atomic E-state index is 0.904. The Labute approximate surface area is 105 Å². The van der Waals surface area contributed by atoms with Gasteiger partial charge in [0.1, 0.15) is 0 Å². The third-order valence-electron chi connectivity index (χ3n) is 3.23. The molecule has 0 atom stereocenters. The zero-order valence-electron chi connectivity index (χ0n) is 10.8. The molecule has 0 rings (SSSR count). The number of halogens is 1. The second-order valence-electron chi connectivity index (χ2n) is 4.33. The highest BCUT2D eigenvalue weighted by Gasteiger charge is 2.08. The van der Waals surface area contributed by atoms with Gasteiger partial charge in [-0.2, -0.15) is 0 Å². The Bertz CT molecular complexity index is 124. The fourth-order valence-corrected chi connectivity index (χ4v) is 2.29. The summed E-state index contributed by atoms with van der Waals surface area (Å²) < 4.78 is 0. The minimum Gasteiger partial charge on any atom is -0.303 e. The Morgan fingerprint density at radius 2 is 1.67 bits per heavy atom. The molecule has 0 saturated heterocycles. The summed E-state index contributed by atoms with van der Waals surface area (Å²) in [7, 11) is 0. The summed E-state index contributed by atoms with van der Waals surface area (Å²) in [6.45, 7) is 10.7. The zero-order chi connectivity index (χ0) is 11.5. The molecule has 15 heavy (non-hydrogen) atoms. The van der Waals surface area contributed by atoms with Crippen molar-refractivity contribution < 1.29 is 0 Å². The molecule has 0 unspecified atom stereocenters. The predicted molar refractivity (Wildman–Crippen MR) is 73.8 cm³/mol. The first-order chi connectivity index (χ1) is 7.28. The molecule has 0 aromatic carbocycles. The van der Waals surface area contributed by atoms with E-state index in [4.69, 9.17) is 0 Å². The molecule has 0 fully saturated rings. The minimum absolute atomic E-state index is 0.904. The van der Waals surface area contributed by atoms with Crippen LogP contribution >= 0.6 is 15.9 Å². The van der Waals surface area contributed by atoms with E-state index in [0.29, 0.717) is 0 Å². The Kier molecular flexibility index (Phi) is 11.3. The molecule has 92 valence electrons. The summed E-state index contributed by atoms with van der Waals surface area (Å²) in [6, 6.07) is 0. The van der Waals surface area contributed by atoms with Gasteiger partial charge in [0, 0.05) is 11.9 Å². The van der Waals surface area contributed by atoms with Gasteiger partial charge in [0.25, 0.3) is 0 Å². The van der Waals surface area contributed by atoms with Crippen molar-refractivity contribution in [3.05, 3.63) is 0 Å². The van der Waals surface area contributed by atoms with Crippen molar-refractivity contribution in [1.82, 2.24) is 4.90 Å². The third kappa shape index (κ3) is 8.27. The van der Waals surface area contributed by atoms with Crippen LogP contribution in [0.1, 0.15) is 52.9 Å². The second-order valence-corrected chi connectivity index (χ2v) is 5.12. The lowest BCUT2D eigenvalue weighted by Crippen LogP contribution is -2.30. The molecular formula is C13H28BrN. The van der Waals surface area contributed by atoms with Gasteiger partial charge in [0.15, 0.2) is 0 Å². The van der Waals surface area contributed by atoms with Crippen LogP contribution in [0, 0.1) is 5.92 Å². The van der Waals surface area contributed by atoms with Crippen molar-refractivity contribution in [2.75, 3.05) is 25.0 Å². The van der Waals surface area contributed by atoms with Crippen LogP contribution < -0.4 is 0 Å². The molecule has 0 saturated carbocycles. The van der Waals surface area contributed by atoms with E-state index in [0.717, 1.165) is 11.2 Å². The van der Waals surface area contributed by atoms with Crippen molar-refractivity contribution in [3.8, 4) is 0 Å². The van der Waals surface area contributed by atoms with Gasteiger partial charge >= 0.3 is 0 Å². The summed E-state index contributed by atoms with van der Waals surface area (Å²) in [5.74, 6) is 0.904. The molecule has 0 N–H and O–H groups in total. The van der Waals surface area contributed by atoms with Gasteiger partial charge in [-0.05, 0) is 31.8 Å². The van der Waals surface area contributed by atoms with Crippen molar-refractivity contribution in [1.29, 1.82) is 0 Å². The van der Waals surface area contributed by atoms with E-state index in [1.807, 2.05) is 0 Å². The molecule has 0 amide bonds. The standard InChI is InChI=1S/C13H28BrN/c1-4-13(5-2)12-15(6-3)11-9-7-8-10-14/h13H,4-12H2,1-3H3. The fourth-order valence-electron chi connectivity index (χ4n) is 1.90. The maximum atomic E-state index is 3.48. The molecule has 2 heteroatoms. The number of hydrogen-bond donors (Lipinski definition) is 0. The Morgan fingerprint density at radius 1 is 1.00 bits per heavy atom. The molecule has 0 heterocycles. The molecule has 0 bridgehead atoms. The lowest BCUT2D eigenvalue weighted by Gasteiger charge is -2.25. The van der Waals surface area contributed by atoms with Crippen LogP contribution in [-0.2, 0) is 0 Å². The van der Waals surface area contributed by atoms with Gasteiger partial charge in [-0.25, -0.2) is 0 Å². The smallest absolute Gasteiger partial charge is 0.00313 e. The van der Waals surface area contributed by atoms with E-state index >= 15 is 0 Å². The topological polar surface area (TPSA) is 3.24 Å². The number of nitrogens with zero attached hydrogens (tertiary/aromatic N) is 1. The van der Waals surface area contributed by atoms with Crippen molar-refractivity contribution in [2.45, 2.75) is 52.9 Å². The normalized spacial score (nSPS) is 11.6. The second kappa shape index (κ2) is 10.9. The Morgan fingerprint density at radius 3 is 2.13 bits per heavy atom. The first-order valence-electron chi connectivity index (χ1n) is 6.56. The van der Waals surface area contributed by atoms with Crippen LogP contribution in [0.15, 0.2) is 0 Å². The van der Waals surface area contributed by atoms with Crippen LogP contribution in [-0.4, -0.2) is 29.9 Å². The predicted octanol–water partition coefficient (Wildman–Crippen LogP) is 4.31. The molecule has 0 aliphatic carbocycles. The summed E-state index contributed by atoms with van der Waals surface area (Å²) in [4.78, 5) is 2.62. The highest BCUT2D eigenvalue weighted by atomic mass is 79.9. The molecule has 0 aliphatic rings. The highest BCUT2D eigenvalue weighted by molar-refractivity contribution is 9.09. The molecular weight excluding hydrogens is 250 g/mol. The van der Waals surface area contributed by atoms with Gasteiger partial charge in [-0.15, -0.1) is 0 Å². The van der Waals surface area contributed by atoms with E-state index in [-0.39, 0.29) is 0 Å². The monoisotopic (exact) mass is 277 g/mol. The van der Waals surface area contributed by atoms with Crippen LogP contribution in [0.4, 0.5) is 0 Å². The number of alkyl halides is 1. The summed E-state index contributed by atoms with van der Waals surface area (Å²) in [5, 5.41) is 1.16. The van der Waals surface area contributed by atoms with E-state index in [9.17, 15) is 0 Å². The van der Waals surface area contributed by atoms with Crippen LogP contribution in [0.25, 0.3) is 0 Å². The van der Waals surface area contributed by atoms with Gasteiger partial charge < -0.3 is 4.90 Å². The van der Waals surface area contributed by atoms with Crippen LogP contribution in [0.2, 0.25) is 0 Å². The van der Waals surface area contributed by atoms with Crippen molar-refractivity contribution in [2.24, 2.45) is 5.92 Å². The Hall–Kier alpha value is 0.440. The maximum Gasteiger partial charge on any atom is 0.00313 e. The average molecular weight is 278 g/mol. The first kappa shape index (κ1) is 15.4. The highest BCUT2D eigenvalue weighted by Crippen LogP contribution is 2.10. The SMILES string of the molecule is CCC(CC)CN(CC)CCCCCBr. The number of hydrogen-bond acceptors (Lipinski definition) is 1. The summed E-state index contributed by atoms with van der Waals surface area (Å²) in [6.07, 6.45) is 6.70. The number of unbranched alkanes of at least 4 members (excludes halogenated alkanes) is 2. The van der Waals surface area contributed by atoms with Gasteiger partial charge in [0.05, 0.1) is 0 Å². The largest absolute Gasteiger partial charge is 0.303 e. The van der Waals surface area contributed by atoms with E-state index in [1.54, 1.807) is 0 Å². The van der Waals surface area contributed by atoms with Gasteiger partial charge in [0.2, 0.25) is 0 Å². The fraction of sp³-hybridized carbons (Fsp3) is 1.00. The van der Waals surface area contributed by atoms with Crippen molar-refractivity contribution in [3.63, 3.8) is 0 Å². The van der Waals surface area contributed by atoms with E-state index in [2.05, 4.69) is 41.6 Å². The van der Waals surface area contributed by atoms with E-state index < -0.39 is 0 Å². The molecule has 0 aromatic heterocycles. The number of rotatable bonds is 10. The van der Waals surface area contributed by atoms with Crippen LogP contribution in [0.3, 0.4) is 0 Å². The Balaban J connectivity index is 3.61. The summed E-state index contributed by atoms with van der Waals surface area (Å²) in [5.41, 5.74) is 0. The molecule has 1 nitrogen and oxygen atoms in total.